The second-order valence-corrected chi connectivity index (χ2v) is 21.4. The molecule has 5 fully saturated rings. The van der Waals surface area contributed by atoms with E-state index >= 15 is 0 Å². The number of aliphatic hydroxyl groups excluding tert-OH is 13. The number of phenolic OH excluding ortho intramolecular Hbond substituents is 2. The Morgan fingerprint density at radius 3 is 1.63 bits per heavy atom. The Morgan fingerprint density at radius 1 is 0.516 bits per heavy atom. The van der Waals surface area contributed by atoms with Crippen molar-refractivity contribution in [3.63, 3.8) is 0 Å². The van der Waals surface area contributed by atoms with Crippen LogP contribution in [-0.2, 0) is 76.0 Å². The summed E-state index contributed by atoms with van der Waals surface area (Å²) >= 11 is 0. The summed E-state index contributed by atoms with van der Waals surface area (Å²) in [4.78, 5) is 55.0. The highest BCUT2D eigenvalue weighted by atomic mass is 16.8. The average Bonchev–Trinajstić information content (AvgIpc) is 1.75. The first-order chi connectivity index (χ1) is 43.4. The van der Waals surface area contributed by atoms with Crippen molar-refractivity contribution in [3.8, 4) is 17.2 Å². The zero-order chi connectivity index (χ0) is 66.0. The number of methoxy groups -OCH3 is 1. The minimum absolute atomic E-state index is 0.0317. The number of aliphatic hydroxyl groups is 13. The van der Waals surface area contributed by atoms with Gasteiger partial charge in [0.25, 0.3) is 0 Å². The van der Waals surface area contributed by atoms with Crippen molar-refractivity contribution in [1.82, 2.24) is 0 Å². The highest BCUT2D eigenvalue weighted by Crippen LogP contribution is 2.43. The lowest BCUT2D eigenvalue weighted by Crippen LogP contribution is -2.69. The fraction of sp³-hybridized carbons (Fsp3) is 0.552. The van der Waals surface area contributed by atoms with Crippen LogP contribution in [0.1, 0.15) is 28.4 Å². The molecular weight excluding hydrogens is 1220 g/mol. The molecule has 15 N–H and O–H groups in total. The largest absolute Gasteiger partial charge is 0.508 e. The maximum Gasteiger partial charge on any atom is 0.338 e. The molecule has 0 saturated carbocycles. The summed E-state index contributed by atoms with van der Waals surface area (Å²) in [6, 6.07) is 16.4. The first kappa shape index (κ1) is 70.4. The smallest absolute Gasteiger partial charge is 0.338 e. The lowest BCUT2D eigenvalue weighted by atomic mass is 9.95. The third-order valence-corrected chi connectivity index (χ3v) is 15.2. The third kappa shape index (κ3) is 16.5. The van der Waals surface area contributed by atoms with Crippen molar-refractivity contribution in [3.05, 3.63) is 102 Å². The van der Waals surface area contributed by atoms with Gasteiger partial charge >= 0.3 is 23.9 Å². The first-order valence-electron chi connectivity index (χ1n) is 28.2. The van der Waals surface area contributed by atoms with Crippen molar-refractivity contribution in [2.75, 3.05) is 46.8 Å². The summed E-state index contributed by atoms with van der Waals surface area (Å²) in [5.74, 6) is -8.15. The lowest BCUT2D eigenvalue weighted by molar-refractivity contribution is -0.423. The normalized spacial score (nSPS) is 36.8. The molecule has 91 heavy (non-hydrogen) atoms. The number of aromatic hydroxyl groups is 2. The number of benzene rings is 3. The van der Waals surface area contributed by atoms with E-state index in [2.05, 4.69) is 0 Å². The van der Waals surface area contributed by atoms with Gasteiger partial charge in [0.1, 0.15) is 123 Å². The van der Waals surface area contributed by atoms with Crippen molar-refractivity contribution >= 4 is 36.0 Å². The molecule has 3 aromatic rings. The predicted octanol–water partition coefficient (Wildman–Crippen LogP) is -5.54. The first-order valence-corrected chi connectivity index (χ1v) is 28.2. The molecular formula is C58H72O33. The van der Waals surface area contributed by atoms with Crippen LogP contribution >= 0.6 is 0 Å². The lowest BCUT2D eigenvalue weighted by Gasteiger charge is -2.51. The van der Waals surface area contributed by atoms with Crippen LogP contribution in [0.15, 0.2) is 84.9 Å². The second-order valence-electron chi connectivity index (χ2n) is 21.4. The van der Waals surface area contributed by atoms with Gasteiger partial charge in [-0.1, -0.05) is 36.4 Å². The van der Waals surface area contributed by atoms with Crippen LogP contribution in [0, 0.1) is 0 Å². The molecule has 0 radical (unpaired) electrons. The van der Waals surface area contributed by atoms with Gasteiger partial charge < -0.3 is 143 Å². The SMILES string of the molecule is COc1cc(/C=C/C(=O)O[C@H]2[C@H](O[C@@H]3O[C@H](CO)[C@@H](O)[C@H](O[C@@H]4O[C@H](CO)[C@@H](O)[C@H](O)[C@H]4O)[C@H]3O)[C@@H](O[C@@H]3O[C@H](CO)[C@@H](O)[C@H](O)[C@H]3O)[C@@H](O[C@]3(COC(=O)/C=C/c4ccc(O)cc4)O[C@H](CO)[C@@H](O)[C@@H]3OC(=O)c3ccccc3)O[C@@H]2COC(C)=O)ccc1O. The van der Waals surface area contributed by atoms with Crippen LogP contribution in [0.25, 0.3) is 12.2 Å². The van der Waals surface area contributed by atoms with E-state index in [-0.39, 0.29) is 28.4 Å². The van der Waals surface area contributed by atoms with Crippen molar-refractivity contribution < 1.29 is 162 Å². The molecule has 502 valence electrons. The Morgan fingerprint density at radius 2 is 1.04 bits per heavy atom. The fourth-order valence-corrected chi connectivity index (χ4v) is 10.4. The fourth-order valence-electron chi connectivity index (χ4n) is 10.4. The van der Waals surface area contributed by atoms with Crippen LogP contribution in [0.4, 0.5) is 0 Å². The molecule has 8 rings (SSSR count). The van der Waals surface area contributed by atoms with Crippen LogP contribution in [0.3, 0.4) is 0 Å². The molecule has 5 aliphatic heterocycles. The Bertz CT molecular complexity index is 2930. The summed E-state index contributed by atoms with van der Waals surface area (Å²) in [6.07, 6.45) is -45.3. The molecule has 0 bridgehead atoms. The molecule has 5 heterocycles. The van der Waals surface area contributed by atoms with Crippen LogP contribution in [-0.4, -0.2) is 294 Å². The summed E-state index contributed by atoms with van der Waals surface area (Å²) < 4.78 is 83.3. The summed E-state index contributed by atoms with van der Waals surface area (Å²) in [7, 11) is 1.25. The quantitative estimate of drug-likeness (QED) is 0.0226. The number of phenols is 2. The maximum atomic E-state index is 14.4. The van der Waals surface area contributed by atoms with Gasteiger partial charge in [0.05, 0.1) is 39.1 Å². The topological polar surface area (TPSA) is 501 Å². The van der Waals surface area contributed by atoms with Crippen LogP contribution < -0.4 is 4.74 Å². The van der Waals surface area contributed by atoms with Crippen LogP contribution in [0.2, 0.25) is 0 Å². The Labute approximate surface area is 516 Å². The standard InChI is InChI=1S/C58H72O33/c1-25(63)79-23-36-48(85-38(67)17-12-27-10-15-30(65)31(18-27)78-2)50(87-56-47(76)49(41(70)34(21-61)83-56)86-54-45(74)43(72)39(68)32(19-59)81-54)51(88-55-46(75)44(73)40(69)33(20-60)82-55)57(84-36)91-58(24-80-37(66)16-11-26-8-13-29(64)14-9-26)52(42(71)35(22-62)90-58)89-53(77)28-6-4-3-5-7-28/h3-18,32-36,39-52,54-57,59-62,64-65,68-76H,19-24H2,1-2H3/b16-11+,17-12+/t32-,33-,34-,35-,36-,39-,40-,41-,42-,43+,44+,45-,46-,47-,48-,49+,50+,51-,52+,54+,55+,56+,57-,58+/m1/s1. The molecule has 33 nitrogen and oxygen atoms in total. The minimum Gasteiger partial charge on any atom is -0.508 e. The molecule has 33 heteroatoms. The van der Waals surface area contributed by atoms with Crippen molar-refractivity contribution in [2.45, 2.75) is 154 Å². The number of ether oxygens (including phenoxy) is 14. The zero-order valence-corrected chi connectivity index (χ0v) is 48.3. The number of esters is 4. The van der Waals surface area contributed by atoms with E-state index in [0.29, 0.717) is 5.56 Å². The second kappa shape index (κ2) is 31.4. The molecule has 0 unspecified atom stereocenters. The minimum atomic E-state index is -2.99. The van der Waals surface area contributed by atoms with Gasteiger partial charge in [-0.05, 0) is 59.7 Å². The van der Waals surface area contributed by atoms with E-state index in [9.17, 15) is 95.8 Å². The molecule has 5 aliphatic rings. The number of hydrogen-bond donors (Lipinski definition) is 15. The van der Waals surface area contributed by atoms with Gasteiger partial charge in [0.2, 0.25) is 5.79 Å². The van der Waals surface area contributed by atoms with Gasteiger partial charge in [-0.15, -0.1) is 0 Å². The van der Waals surface area contributed by atoms with E-state index in [0.717, 1.165) is 19.1 Å². The van der Waals surface area contributed by atoms with Crippen LogP contribution in [0.5, 0.6) is 17.2 Å². The van der Waals surface area contributed by atoms with Gasteiger partial charge in [-0.25, -0.2) is 14.4 Å². The van der Waals surface area contributed by atoms with E-state index in [1.165, 1.54) is 86.0 Å². The number of carbonyl (C=O) groups excluding carboxylic acids is 4. The Hall–Kier alpha value is -6.46. The van der Waals surface area contributed by atoms with Gasteiger partial charge in [0.15, 0.2) is 48.9 Å². The van der Waals surface area contributed by atoms with E-state index < -0.39 is 210 Å². The predicted molar refractivity (Wildman–Crippen MR) is 294 cm³/mol. The highest BCUT2D eigenvalue weighted by molar-refractivity contribution is 5.90. The molecule has 0 aromatic heterocycles. The number of carbonyl (C=O) groups is 4. The van der Waals surface area contributed by atoms with Crippen molar-refractivity contribution in [1.29, 1.82) is 0 Å². The highest BCUT2D eigenvalue weighted by Gasteiger charge is 2.64. The molecule has 0 amide bonds. The summed E-state index contributed by atoms with van der Waals surface area (Å²) in [5, 5.41) is 163. The van der Waals surface area contributed by atoms with Gasteiger partial charge in [-0.3, -0.25) is 4.79 Å². The molecule has 24 atom stereocenters. The monoisotopic (exact) mass is 1300 g/mol. The van der Waals surface area contributed by atoms with E-state index in [1.54, 1.807) is 6.07 Å². The van der Waals surface area contributed by atoms with E-state index in [4.69, 9.17) is 66.3 Å². The van der Waals surface area contributed by atoms with Gasteiger partial charge in [0, 0.05) is 19.1 Å². The zero-order valence-electron chi connectivity index (χ0n) is 48.3. The molecule has 0 aliphatic carbocycles. The van der Waals surface area contributed by atoms with E-state index in [1.807, 2.05) is 0 Å². The average molecular weight is 1300 g/mol. The third-order valence-electron chi connectivity index (χ3n) is 15.2. The Kier molecular flexibility index (Phi) is 24.3. The number of hydrogen-bond acceptors (Lipinski definition) is 33. The molecule has 0 spiro atoms. The van der Waals surface area contributed by atoms with Gasteiger partial charge in [-0.2, -0.15) is 0 Å². The summed E-state index contributed by atoms with van der Waals surface area (Å²) in [5.41, 5.74) is 0.434. The molecule has 3 aromatic carbocycles. The summed E-state index contributed by atoms with van der Waals surface area (Å²) in [6.45, 7) is -5.62. The Balaban J connectivity index is 1.29. The maximum absolute atomic E-state index is 14.4. The number of rotatable bonds is 24. The van der Waals surface area contributed by atoms with Crippen molar-refractivity contribution in [2.24, 2.45) is 0 Å². The molecule has 5 saturated heterocycles.